The fourth-order valence-electron chi connectivity index (χ4n) is 4.30. The van der Waals surface area contributed by atoms with Gasteiger partial charge in [0.2, 0.25) is 15.9 Å². The lowest BCUT2D eigenvalue weighted by atomic mass is 10.0. The van der Waals surface area contributed by atoms with Crippen molar-refractivity contribution < 1.29 is 18.1 Å². The molecule has 1 fully saturated rings. The smallest absolute Gasteiger partial charge is 0.271 e. The van der Waals surface area contributed by atoms with Crippen molar-refractivity contribution in [3.05, 3.63) is 69.3 Å². The number of hydrogen-bond donors (Lipinski definition) is 1. The zero-order chi connectivity index (χ0) is 24.9. The Bertz CT molecular complexity index is 1150. The summed E-state index contributed by atoms with van der Waals surface area (Å²) in [5.41, 5.74) is 2.50. The van der Waals surface area contributed by atoms with Crippen LogP contribution in [0.5, 0.6) is 0 Å². The van der Waals surface area contributed by atoms with E-state index in [0.29, 0.717) is 5.56 Å². The Morgan fingerprint density at radius 1 is 1.15 bits per heavy atom. The molecule has 1 atom stereocenters. The van der Waals surface area contributed by atoms with E-state index in [1.165, 1.54) is 44.4 Å². The minimum atomic E-state index is -3.89. The van der Waals surface area contributed by atoms with Gasteiger partial charge in [-0.25, -0.2) is 8.42 Å². The van der Waals surface area contributed by atoms with E-state index in [2.05, 4.69) is 16.3 Å². The van der Waals surface area contributed by atoms with Gasteiger partial charge < -0.3 is 5.32 Å². The molecule has 1 heterocycles. The molecule has 1 N–H and O–H groups in total. The summed E-state index contributed by atoms with van der Waals surface area (Å²) in [7, 11) is -3.89. The fraction of sp³-hybridized carbons (Fsp3) is 0.458. The second-order valence-electron chi connectivity index (χ2n) is 8.79. The molecule has 1 aliphatic rings. The predicted octanol–water partition coefficient (Wildman–Crippen LogP) is 3.36. The molecule has 1 aliphatic heterocycles. The standard InChI is InChI=1S/C24H32N4O5S/c1-18-11-12-22(28(30)31)15-23(18)27(34(3,32)33)19(2)24(29)25-16-20-9-5-6-10-21(20)17-26-13-7-4-8-14-26/h5-6,9-12,15,19H,4,7-8,13-14,16-17H2,1-3H3,(H,25,29)/t19-/m1/s1. The van der Waals surface area contributed by atoms with Gasteiger partial charge in [-0.2, -0.15) is 0 Å². The van der Waals surface area contributed by atoms with Gasteiger partial charge in [-0.3, -0.25) is 24.1 Å². The van der Waals surface area contributed by atoms with Crippen LogP contribution in [0.4, 0.5) is 11.4 Å². The maximum atomic E-state index is 13.0. The van der Waals surface area contributed by atoms with E-state index < -0.39 is 26.9 Å². The van der Waals surface area contributed by atoms with Crippen LogP contribution in [0, 0.1) is 17.0 Å². The van der Waals surface area contributed by atoms with E-state index in [1.54, 1.807) is 6.92 Å². The molecule has 2 aromatic carbocycles. The van der Waals surface area contributed by atoms with E-state index in [9.17, 15) is 23.3 Å². The minimum absolute atomic E-state index is 0.116. The van der Waals surface area contributed by atoms with E-state index in [-0.39, 0.29) is 17.9 Å². The number of rotatable bonds is 9. The molecule has 9 nitrogen and oxygen atoms in total. The largest absolute Gasteiger partial charge is 0.350 e. The van der Waals surface area contributed by atoms with Gasteiger partial charge in [0.05, 0.1) is 16.9 Å². The number of carbonyl (C=O) groups excluding carboxylic acids is 1. The zero-order valence-corrected chi connectivity index (χ0v) is 20.7. The normalized spacial score (nSPS) is 15.5. The molecule has 2 aromatic rings. The van der Waals surface area contributed by atoms with Gasteiger partial charge in [0.25, 0.3) is 5.69 Å². The summed E-state index contributed by atoms with van der Waals surface area (Å²) in [4.78, 5) is 26.1. The molecule has 0 radical (unpaired) electrons. The summed E-state index contributed by atoms with van der Waals surface area (Å²) < 4.78 is 26.2. The molecule has 0 saturated carbocycles. The Hall–Kier alpha value is -2.98. The van der Waals surface area contributed by atoms with Gasteiger partial charge in [-0.1, -0.05) is 36.8 Å². The average Bonchev–Trinajstić information content (AvgIpc) is 2.79. The van der Waals surface area contributed by atoms with E-state index in [0.717, 1.165) is 41.3 Å². The molecule has 3 rings (SSSR count). The molecule has 0 unspecified atom stereocenters. The monoisotopic (exact) mass is 488 g/mol. The van der Waals surface area contributed by atoms with Gasteiger partial charge in [-0.05, 0) is 56.5 Å². The lowest BCUT2D eigenvalue weighted by Gasteiger charge is -2.29. The number of nitrogens with zero attached hydrogens (tertiary/aromatic N) is 3. The highest BCUT2D eigenvalue weighted by Gasteiger charge is 2.31. The highest BCUT2D eigenvalue weighted by atomic mass is 32.2. The molecule has 0 aromatic heterocycles. The maximum absolute atomic E-state index is 13.0. The van der Waals surface area contributed by atoms with Crippen LogP contribution in [0.3, 0.4) is 0 Å². The Morgan fingerprint density at radius 2 is 1.79 bits per heavy atom. The molecular weight excluding hydrogens is 456 g/mol. The number of sulfonamides is 1. The zero-order valence-electron chi connectivity index (χ0n) is 19.9. The van der Waals surface area contributed by atoms with Gasteiger partial charge in [0.15, 0.2) is 0 Å². The number of carbonyl (C=O) groups is 1. The van der Waals surface area contributed by atoms with Crippen LogP contribution in [-0.4, -0.2) is 49.5 Å². The number of nitro groups is 1. The van der Waals surface area contributed by atoms with Gasteiger partial charge in [0.1, 0.15) is 6.04 Å². The van der Waals surface area contributed by atoms with E-state index >= 15 is 0 Å². The first kappa shape index (κ1) is 25.6. The van der Waals surface area contributed by atoms with Crippen LogP contribution in [0.25, 0.3) is 0 Å². The second kappa shape index (κ2) is 11.0. The highest BCUT2D eigenvalue weighted by Crippen LogP contribution is 2.29. The molecule has 34 heavy (non-hydrogen) atoms. The Morgan fingerprint density at radius 3 is 2.41 bits per heavy atom. The van der Waals surface area contributed by atoms with Crippen molar-refractivity contribution in [2.75, 3.05) is 23.7 Å². The Kier molecular flexibility index (Phi) is 8.27. The van der Waals surface area contributed by atoms with Crippen molar-refractivity contribution in [2.45, 2.75) is 52.2 Å². The minimum Gasteiger partial charge on any atom is -0.350 e. The van der Waals surface area contributed by atoms with Gasteiger partial charge in [-0.15, -0.1) is 0 Å². The lowest BCUT2D eigenvalue weighted by Crippen LogP contribution is -2.48. The number of nitro benzene ring substituents is 1. The number of benzene rings is 2. The summed E-state index contributed by atoms with van der Waals surface area (Å²) in [5.74, 6) is -0.482. The number of likely N-dealkylation sites (tertiary alicyclic amines) is 1. The summed E-state index contributed by atoms with van der Waals surface area (Å²) in [5, 5.41) is 14.1. The number of nitrogens with one attached hydrogen (secondary N) is 1. The van der Waals surface area contributed by atoms with Crippen LogP contribution in [0.2, 0.25) is 0 Å². The van der Waals surface area contributed by atoms with Crippen LogP contribution >= 0.6 is 0 Å². The third-order valence-corrected chi connectivity index (χ3v) is 7.37. The summed E-state index contributed by atoms with van der Waals surface area (Å²) in [6, 6.07) is 10.8. The number of anilines is 1. The van der Waals surface area contributed by atoms with Crippen LogP contribution in [0.1, 0.15) is 42.9 Å². The number of aryl methyl sites for hydroxylation is 1. The Labute approximate surface area is 201 Å². The topological polar surface area (TPSA) is 113 Å². The number of piperidine rings is 1. The van der Waals surface area contributed by atoms with Gasteiger partial charge in [0, 0.05) is 25.2 Å². The van der Waals surface area contributed by atoms with Crippen LogP contribution < -0.4 is 9.62 Å². The second-order valence-corrected chi connectivity index (χ2v) is 10.6. The SMILES string of the molecule is Cc1ccc([N+](=O)[O-])cc1N([C@H](C)C(=O)NCc1ccccc1CN1CCCCC1)S(C)(=O)=O. The summed E-state index contributed by atoms with van der Waals surface area (Å²) >= 11 is 0. The summed E-state index contributed by atoms with van der Waals surface area (Å²) in [6.07, 6.45) is 4.62. The van der Waals surface area contributed by atoms with Crippen molar-refractivity contribution in [1.29, 1.82) is 0 Å². The average molecular weight is 489 g/mol. The first-order chi connectivity index (χ1) is 16.1. The molecule has 0 spiro atoms. The molecule has 1 saturated heterocycles. The Balaban J connectivity index is 1.78. The number of non-ortho nitro benzene ring substituents is 1. The first-order valence-corrected chi connectivity index (χ1v) is 13.2. The third-order valence-electron chi connectivity index (χ3n) is 6.14. The summed E-state index contributed by atoms with van der Waals surface area (Å²) in [6.45, 7) is 6.32. The van der Waals surface area contributed by atoms with Crippen LogP contribution in [-0.2, 0) is 27.9 Å². The van der Waals surface area contributed by atoms with E-state index in [1.807, 2.05) is 18.2 Å². The molecule has 0 bridgehead atoms. The van der Waals surface area contributed by atoms with E-state index in [4.69, 9.17) is 0 Å². The van der Waals surface area contributed by atoms with Crippen molar-refractivity contribution in [3.63, 3.8) is 0 Å². The molecular formula is C24H32N4O5S. The highest BCUT2D eigenvalue weighted by molar-refractivity contribution is 7.92. The molecule has 10 heteroatoms. The number of amides is 1. The third kappa shape index (κ3) is 6.32. The lowest BCUT2D eigenvalue weighted by molar-refractivity contribution is -0.384. The molecule has 1 amide bonds. The van der Waals surface area contributed by atoms with Gasteiger partial charge >= 0.3 is 0 Å². The van der Waals surface area contributed by atoms with Crippen molar-refractivity contribution in [3.8, 4) is 0 Å². The first-order valence-electron chi connectivity index (χ1n) is 11.4. The van der Waals surface area contributed by atoms with Crippen molar-refractivity contribution in [1.82, 2.24) is 10.2 Å². The molecule has 0 aliphatic carbocycles. The number of hydrogen-bond acceptors (Lipinski definition) is 6. The van der Waals surface area contributed by atoms with Crippen LogP contribution in [0.15, 0.2) is 42.5 Å². The van der Waals surface area contributed by atoms with Crippen molar-refractivity contribution >= 4 is 27.3 Å². The fourth-order valence-corrected chi connectivity index (χ4v) is 5.53. The van der Waals surface area contributed by atoms with Crippen molar-refractivity contribution in [2.24, 2.45) is 0 Å². The molecule has 184 valence electrons. The maximum Gasteiger partial charge on any atom is 0.271 e. The predicted molar refractivity (Wildman–Crippen MR) is 132 cm³/mol. The quantitative estimate of drug-likeness (QED) is 0.428.